The molecule has 106 valence electrons. The van der Waals surface area contributed by atoms with Crippen molar-refractivity contribution in [2.24, 2.45) is 0 Å². The lowest BCUT2D eigenvalue weighted by Crippen LogP contribution is -2.65. The standard InChI is InChI=1S/C14H16FN3O2/c15-11-5-10(6-16-7-11)9-18-12(19)8-17-13(20)14(18)3-1-2-4-14/h5-7H,1-4,8-9H2,(H,17,20). The Balaban J connectivity index is 1.91. The molecule has 0 bridgehead atoms. The number of carbonyl (C=O) groups is 2. The van der Waals surface area contributed by atoms with E-state index in [1.807, 2.05) is 0 Å². The fraction of sp³-hybridized carbons (Fsp3) is 0.500. The van der Waals surface area contributed by atoms with E-state index < -0.39 is 11.4 Å². The zero-order chi connectivity index (χ0) is 14.2. The average molecular weight is 277 g/mol. The molecule has 1 aliphatic carbocycles. The molecule has 0 atom stereocenters. The largest absolute Gasteiger partial charge is 0.345 e. The predicted octanol–water partition coefficient (Wildman–Crippen LogP) is 0.992. The normalized spacial score (nSPS) is 21.4. The van der Waals surface area contributed by atoms with Gasteiger partial charge in [-0.25, -0.2) is 4.39 Å². The van der Waals surface area contributed by atoms with Crippen LogP contribution in [-0.4, -0.2) is 33.8 Å². The van der Waals surface area contributed by atoms with Gasteiger partial charge in [-0.1, -0.05) is 12.8 Å². The summed E-state index contributed by atoms with van der Waals surface area (Å²) in [4.78, 5) is 29.8. The zero-order valence-electron chi connectivity index (χ0n) is 11.1. The van der Waals surface area contributed by atoms with E-state index >= 15 is 0 Å². The molecule has 5 nitrogen and oxygen atoms in total. The van der Waals surface area contributed by atoms with Crippen LogP contribution in [-0.2, 0) is 16.1 Å². The first-order chi connectivity index (χ1) is 9.62. The summed E-state index contributed by atoms with van der Waals surface area (Å²) in [6.45, 7) is 0.250. The number of aromatic nitrogens is 1. The highest BCUT2D eigenvalue weighted by molar-refractivity contribution is 5.98. The molecule has 1 N–H and O–H groups in total. The lowest BCUT2D eigenvalue weighted by molar-refractivity contribution is -0.154. The topological polar surface area (TPSA) is 62.3 Å². The number of carbonyl (C=O) groups excluding carboxylic acids is 2. The second kappa shape index (κ2) is 4.85. The number of hydrogen-bond donors (Lipinski definition) is 1. The molecule has 0 radical (unpaired) electrons. The maximum Gasteiger partial charge on any atom is 0.246 e. The second-order valence-corrected chi connectivity index (χ2v) is 5.41. The Morgan fingerprint density at radius 1 is 1.30 bits per heavy atom. The summed E-state index contributed by atoms with van der Waals surface area (Å²) in [7, 11) is 0. The molecule has 1 saturated carbocycles. The van der Waals surface area contributed by atoms with Crippen LogP contribution in [0, 0.1) is 5.82 Å². The van der Waals surface area contributed by atoms with Crippen molar-refractivity contribution in [3.8, 4) is 0 Å². The van der Waals surface area contributed by atoms with Gasteiger partial charge in [-0.3, -0.25) is 14.6 Å². The zero-order valence-corrected chi connectivity index (χ0v) is 11.1. The molecule has 1 aromatic heterocycles. The van der Waals surface area contributed by atoms with Crippen molar-refractivity contribution in [1.29, 1.82) is 0 Å². The van der Waals surface area contributed by atoms with Gasteiger partial charge in [0.25, 0.3) is 0 Å². The van der Waals surface area contributed by atoms with Gasteiger partial charge in [0.1, 0.15) is 11.4 Å². The van der Waals surface area contributed by atoms with Crippen LogP contribution in [0.4, 0.5) is 4.39 Å². The fourth-order valence-electron chi connectivity index (χ4n) is 3.20. The van der Waals surface area contributed by atoms with Gasteiger partial charge in [-0.15, -0.1) is 0 Å². The van der Waals surface area contributed by atoms with Crippen LogP contribution in [0.1, 0.15) is 31.2 Å². The van der Waals surface area contributed by atoms with E-state index in [2.05, 4.69) is 10.3 Å². The molecule has 2 aliphatic rings. The van der Waals surface area contributed by atoms with Crippen LogP contribution in [0.3, 0.4) is 0 Å². The fourth-order valence-corrected chi connectivity index (χ4v) is 3.20. The van der Waals surface area contributed by atoms with Crippen molar-refractivity contribution in [3.05, 3.63) is 29.8 Å². The van der Waals surface area contributed by atoms with Gasteiger partial charge in [0.05, 0.1) is 12.7 Å². The van der Waals surface area contributed by atoms with Gasteiger partial charge in [0, 0.05) is 12.7 Å². The minimum Gasteiger partial charge on any atom is -0.345 e. The van der Waals surface area contributed by atoms with E-state index in [0.29, 0.717) is 18.4 Å². The first-order valence-corrected chi connectivity index (χ1v) is 6.80. The molecule has 2 amide bonds. The lowest BCUT2D eigenvalue weighted by Gasteiger charge is -2.43. The molecule has 0 unspecified atom stereocenters. The monoisotopic (exact) mass is 277 g/mol. The van der Waals surface area contributed by atoms with Crippen LogP contribution in [0.15, 0.2) is 18.5 Å². The van der Waals surface area contributed by atoms with Crippen LogP contribution in [0.2, 0.25) is 0 Å². The molecule has 1 aromatic rings. The number of nitrogens with one attached hydrogen (secondary N) is 1. The lowest BCUT2D eigenvalue weighted by atomic mass is 9.91. The van der Waals surface area contributed by atoms with E-state index in [1.54, 1.807) is 4.90 Å². The Morgan fingerprint density at radius 3 is 2.75 bits per heavy atom. The highest BCUT2D eigenvalue weighted by atomic mass is 19.1. The summed E-state index contributed by atoms with van der Waals surface area (Å²) in [5.74, 6) is -0.633. The number of nitrogens with zero attached hydrogens (tertiary/aromatic N) is 2. The molecule has 20 heavy (non-hydrogen) atoms. The van der Waals surface area contributed by atoms with E-state index in [1.165, 1.54) is 12.3 Å². The third-order valence-electron chi connectivity index (χ3n) is 4.17. The third kappa shape index (κ3) is 2.05. The van der Waals surface area contributed by atoms with Crippen molar-refractivity contribution in [2.45, 2.75) is 37.8 Å². The number of hydrogen-bond acceptors (Lipinski definition) is 3. The SMILES string of the molecule is O=C1CNC(=O)C2(CCCC2)N1Cc1cncc(F)c1. The summed E-state index contributed by atoms with van der Waals surface area (Å²) < 4.78 is 13.2. The maximum atomic E-state index is 13.2. The predicted molar refractivity (Wildman–Crippen MR) is 69.0 cm³/mol. The molecule has 1 saturated heterocycles. The molecule has 6 heteroatoms. The number of halogens is 1. The summed E-state index contributed by atoms with van der Waals surface area (Å²) in [5.41, 5.74) is -0.138. The Morgan fingerprint density at radius 2 is 2.05 bits per heavy atom. The minimum atomic E-state index is -0.748. The quantitative estimate of drug-likeness (QED) is 0.877. The molecule has 3 rings (SSSR count). The number of pyridine rings is 1. The minimum absolute atomic E-state index is 0.0172. The van der Waals surface area contributed by atoms with Gasteiger partial charge in [-0.2, -0.15) is 0 Å². The van der Waals surface area contributed by atoms with E-state index in [-0.39, 0.29) is 24.9 Å². The third-order valence-corrected chi connectivity index (χ3v) is 4.17. The van der Waals surface area contributed by atoms with E-state index in [9.17, 15) is 14.0 Å². The first kappa shape index (κ1) is 13.0. The van der Waals surface area contributed by atoms with Crippen LogP contribution in [0.5, 0.6) is 0 Å². The highest BCUT2D eigenvalue weighted by Gasteiger charge is 2.50. The van der Waals surface area contributed by atoms with Crippen molar-refractivity contribution in [1.82, 2.24) is 15.2 Å². The Hall–Kier alpha value is -1.98. The second-order valence-electron chi connectivity index (χ2n) is 5.41. The van der Waals surface area contributed by atoms with Crippen molar-refractivity contribution >= 4 is 11.8 Å². The Bertz CT molecular complexity index is 555. The first-order valence-electron chi connectivity index (χ1n) is 6.80. The number of amides is 2. The molecular formula is C14H16FN3O2. The molecule has 2 heterocycles. The maximum absolute atomic E-state index is 13.2. The van der Waals surface area contributed by atoms with Gasteiger partial charge in [-0.05, 0) is 24.5 Å². The smallest absolute Gasteiger partial charge is 0.246 e. The summed E-state index contributed by atoms with van der Waals surface area (Å²) in [6, 6.07) is 1.36. The van der Waals surface area contributed by atoms with Crippen LogP contribution in [0.25, 0.3) is 0 Å². The van der Waals surface area contributed by atoms with Gasteiger partial charge in [0.15, 0.2) is 0 Å². The van der Waals surface area contributed by atoms with E-state index in [0.717, 1.165) is 19.0 Å². The number of rotatable bonds is 2. The van der Waals surface area contributed by atoms with Gasteiger partial charge >= 0.3 is 0 Å². The molecule has 0 aromatic carbocycles. The van der Waals surface area contributed by atoms with Gasteiger partial charge in [0.2, 0.25) is 11.8 Å². The average Bonchev–Trinajstić information content (AvgIpc) is 2.90. The van der Waals surface area contributed by atoms with Crippen molar-refractivity contribution in [2.75, 3.05) is 6.54 Å². The molecule has 1 aliphatic heterocycles. The van der Waals surface area contributed by atoms with E-state index in [4.69, 9.17) is 0 Å². The van der Waals surface area contributed by atoms with Gasteiger partial charge < -0.3 is 10.2 Å². The summed E-state index contributed by atoms with van der Waals surface area (Å²) in [5, 5.41) is 2.67. The highest BCUT2D eigenvalue weighted by Crippen LogP contribution is 2.38. The summed E-state index contributed by atoms with van der Waals surface area (Å²) in [6.07, 6.45) is 5.86. The molecular weight excluding hydrogens is 261 g/mol. The molecule has 1 spiro atoms. The Kier molecular flexibility index (Phi) is 3.16. The Labute approximate surface area is 116 Å². The molecule has 2 fully saturated rings. The van der Waals surface area contributed by atoms with Crippen molar-refractivity contribution < 1.29 is 14.0 Å². The van der Waals surface area contributed by atoms with Crippen LogP contribution < -0.4 is 5.32 Å². The number of piperazine rings is 1. The van der Waals surface area contributed by atoms with Crippen LogP contribution >= 0.6 is 0 Å². The van der Waals surface area contributed by atoms with Crippen molar-refractivity contribution in [3.63, 3.8) is 0 Å². The summed E-state index contributed by atoms with van der Waals surface area (Å²) >= 11 is 0.